The molecule has 150 valence electrons. The molecule has 2 fully saturated rings. The Labute approximate surface area is 162 Å². The Morgan fingerprint density at radius 1 is 1.22 bits per heavy atom. The fourth-order valence-corrected chi connectivity index (χ4v) is 5.83. The average molecular weight is 395 g/mol. The summed E-state index contributed by atoms with van der Waals surface area (Å²) in [4.78, 5) is 12.7. The largest absolute Gasteiger partial charge is 0.495 e. The highest BCUT2D eigenvalue weighted by molar-refractivity contribution is 7.89. The number of amides is 1. The average Bonchev–Trinajstić information content (AvgIpc) is 3.45. The standard InChI is InChI=1S/C20H30N2O4S/c1-13-9-14(2)12-22(11-13)27(24,25)19-10-17(7-8-18(19)26-4)20(23)21-15(3)16-5-6-16/h7-8,10,13-16H,5-6,9,11-12H2,1-4H3,(H,21,23)/t13-,14-,15-/m1/s1. The molecular weight excluding hydrogens is 364 g/mol. The van der Waals surface area contributed by atoms with Crippen molar-refractivity contribution in [3.8, 4) is 5.75 Å². The van der Waals surface area contributed by atoms with Gasteiger partial charge in [0.2, 0.25) is 10.0 Å². The number of sulfonamides is 1. The molecule has 1 aromatic rings. The van der Waals surface area contributed by atoms with Crippen LogP contribution in [0.5, 0.6) is 5.75 Å². The number of nitrogens with one attached hydrogen (secondary N) is 1. The molecule has 1 aliphatic heterocycles. The molecule has 27 heavy (non-hydrogen) atoms. The quantitative estimate of drug-likeness (QED) is 0.805. The van der Waals surface area contributed by atoms with E-state index in [9.17, 15) is 13.2 Å². The molecule has 0 aromatic heterocycles. The highest BCUT2D eigenvalue weighted by Gasteiger charge is 2.34. The number of carbonyl (C=O) groups excluding carboxylic acids is 1. The molecule has 0 spiro atoms. The molecule has 1 aromatic carbocycles. The summed E-state index contributed by atoms with van der Waals surface area (Å²) < 4.78 is 33.4. The van der Waals surface area contributed by atoms with Crippen molar-refractivity contribution < 1.29 is 17.9 Å². The summed E-state index contributed by atoms with van der Waals surface area (Å²) in [5.74, 6) is 1.18. The molecule has 2 aliphatic rings. The van der Waals surface area contributed by atoms with Crippen LogP contribution in [0.2, 0.25) is 0 Å². The van der Waals surface area contributed by atoms with Crippen LogP contribution in [0.1, 0.15) is 50.4 Å². The van der Waals surface area contributed by atoms with E-state index in [1.54, 1.807) is 12.1 Å². The molecule has 1 saturated heterocycles. The Bertz CT molecular complexity index is 794. The van der Waals surface area contributed by atoms with Gasteiger partial charge in [-0.2, -0.15) is 4.31 Å². The van der Waals surface area contributed by atoms with Crippen LogP contribution < -0.4 is 10.1 Å². The van der Waals surface area contributed by atoms with Gasteiger partial charge >= 0.3 is 0 Å². The van der Waals surface area contributed by atoms with Gasteiger partial charge in [-0.3, -0.25) is 4.79 Å². The molecule has 1 amide bonds. The van der Waals surface area contributed by atoms with Crippen LogP contribution in [0.25, 0.3) is 0 Å². The minimum absolute atomic E-state index is 0.0676. The lowest BCUT2D eigenvalue weighted by Crippen LogP contribution is -2.42. The van der Waals surface area contributed by atoms with Gasteiger partial charge in [0, 0.05) is 24.7 Å². The van der Waals surface area contributed by atoms with E-state index in [2.05, 4.69) is 19.2 Å². The molecule has 1 heterocycles. The zero-order valence-corrected chi connectivity index (χ0v) is 17.4. The van der Waals surface area contributed by atoms with Crippen LogP contribution in [0.3, 0.4) is 0 Å². The lowest BCUT2D eigenvalue weighted by Gasteiger charge is -2.34. The van der Waals surface area contributed by atoms with Crippen LogP contribution in [0.15, 0.2) is 23.1 Å². The first kappa shape index (κ1) is 20.1. The summed E-state index contributed by atoms with van der Waals surface area (Å²) in [5.41, 5.74) is 0.347. The maximum atomic E-state index is 13.3. The van der Waals surface area contributed by atoms with Gasteiger partial charge in [-0.1, -0.05) is 13.8 Å². The van der Waals surface area contributed by atoms with E-state index in [4.69, 9.17) is 4.74 Å². The zero-order chi connectivity index (χ0) is 19.8. The second-order valence-corrected chi connectivity index (χ2v) is 10.1. The molecule has 3 atom stereocenters. The van der Waals surface area contributed by atoms with Crippen molar-refractivity contribution in [2.24, 2.45) is 17.8 Å². The molecule has 0 radical (unpaired) electrons. The third-order valence-electron chi connectivity index (χ3n) is 5.57. The van der Waals surface area contributed by atoms with E-state index in [-0.39, 0.29) is 22.6 Å². The fourth-order valence-electron chi connectivity index (χ4n) is 3.96. The Hall–Kier alpha value is -1.60. The van der Waals surface area contributed by atoms with E-state index >= 15 is 0 Å². The van der Waals surface area contributed by atoms with E-state index in [1.165, 1.54) is 17.5 Å². The number of hydrogen-bond donors (Lipinski definition) is 1. The van der Waals surface area contributed by atoms with Gasteiger partial charge in [-0.25, -0.2) is 8.42 Å². The normalized spacial score (nSPS) is 25.0. The molecule has 1 saturated carbocycles. The van der Waals surface area contributed by atoms with Crippen molar-refractivity contribution in [2.75, 3.05) is 20.2 Å². The Morgan fingerprint density at radius 3 is 2.41 bits per heavy atom. The highest BCUT2D eigenvalue weighted by atomic mass is 32.2. The van der Waals surface area contributed by atoms with Gasteiger partial charge in [0.05, 0.1) is 7.11 Å². The number of benzene rings is 1. The van der Waals surface area contributed by atoms with E-state index in [0.29, 0.717) is 36.4 Å². The van der Waals surface area contributed by atoms with E-state index in [1.807, 2.05) is 6.92 Å². The summed E-state index contributed by atoms with van der Waals surface area (Å²) in [5, 5.41) is 2.98. The first-order chi connectivity index (χ1) is 12.7. The smallest absolute Gasteiger partial charge is 0.251 e. The lowest BCUT2D eigenvalue weighted by atomic mass is 9.94. The molecular formula is C20H30N2O4S. The molecule has 1 N–H and O–H groups in total. The second-order valence-electron chi connectivity index (χ2n) is 8.23. The summed E-state index contributed by atoms with van der Waals surface area (Å²) in [6, 6.07) is 4.74. The number of carbonyl (C=O) groups is 1. The maximum Gasteiger partial charge on any atom is 0.251 e. The summed E-state index contributed by atoms with van der Waals surface area (Å²) >= 11 is 0. The van der Waals surface area contributed by atoms with Crippen molar-refractivity contribution >= 4 is 15.9 Å². The molecule has 0 unspecified atom stereocenters. The predicted octanol–water partition coefficient (Wildman–Crippen LogP) is 2.89. The minimum Gasteiger partial charge on any atom is -0.495 e. The van der Waals surface area contributed by atoms with Gasteiger partial charge in [0.15, 0.2) is 0 Å². The van der Waals surface area contributed by atoms with E-state index < -0.39 is 10.0 Å². The van der Waals surface area contributed by atoms with Crippen LogP contribution in [0, 0.1) is 17.8 Å². The lowest BCUT2D eigenvalue weighted by molar-refractivity contribution is 0.0935. The second kappa shape index (κ2) is 7.80. The number of ether oxygens (including phenoxy) is 1. The SMILES string of the molecule is COc1ccc(C(=O)N[C@H](C)C2CC2)cc1S(=O)(=O)N1C[C@H](C)C[C@@H](C)C1. The summed E-state index contributed by atoms with van der Waals surface area (Å²) in [7, 11) is -2.28. The summed E-state index contributed by atoms with van der Waals surface area (Å²) in [6.45, 7) is 7.11. The molecule has 6 nitrogen and oxygen atoms in total. The van der Waals surface area contributed by atoms with Crippen LogP contribution >= 0.6 is 0 Å². The topological polar surface area (TPSA) is 75.7 Å². The number of piperidine rings is 1. The van der Waals surface area contributed by atoms with Crippen molar-refractivity contribution in [3.63, 3.8) is 0 Å². The number of nitrogens with zero attached hydrogens (tertiary/aromatic N) is 1. The number of methoxy groups -OCH3 is 1. The number of hydrogen-bond acceptors (Lipinski definition) is 4. The van der Waals surface area contributed by atoms with Gasteiger partial charge < -0.3 is 10.1 Å². The predicted molar refractivity (Wildman–Crippen MR) is 104 cm³/mol. The van der Waals surface area contributed by atoms with Crippen molar-refractivity contribution in [2.45, 2.75) is 51.0 Å². The molecule has 1 aliphatic carbocycles. The Balaban J connectivity index is 1.89. The van der Waals surface area contributed by atoms with Crippen LogP contribution in [0.4, 0.5) is 0 Å². The van der Waals surface area contributed by atoms with Gasteiger partial charge in [-0.05, 0) is 62.1 Å². The Kier molecular flexibility index (Phi) is 5.82. The maximum absolute atomic E-state index is 13.3. The molecule has 0 bridgehead atoms. The monoisotopic (exact) mass is 394 g/mol. The minimum atomic E-state index is -3.73. The third-order valence-corrected chi connectivity index (χ3v) is 7.42. The zero-order valence-electron chi connectivity index (χ0n) is 16.6. The molecule has 7 heteroatoms. The molecule has 3 rings (SSSR count). The van der Waals surface area contributed by atoms with Crippen LogP contribution in [-0.2, 0) is 10.0 Å². The Morgan fingerprint density at radius 2 is 1.85 bits per heavy atom. The van der Waals surface area contributed by atoms with Crippen LogP contribution in [-0.4, -0.2) is 44.9 Å². The van der Waals surface area contributed by atoms with Gasteiger partial charge in [0.1, 0.15) is 10.6 Å². The van der Waals surface area contributed by atoms with Crippen molar-refractivity contribution in [1.29, 1.82) is 0 Å². The van der Waals surface area contributed by atoms with Crippen molar-refractivity contribution in [1.82, 2.24) is 9.62 Å². The summed E-state index contributed by atoms with van der Waals surface area (Å²) in [6.07, 6.45) is 3.29. The first-order valence-corrected chi connectivity index (χ1v) is 11.2. The van der Waals surface area contributed by atoms with Gasteiger partial charge in [-0.15, -0.1) is 0 Å². The van der Waals surface area contributed by atoms with Gasteiger partial charge in [0.25, 0.3) is 5.91 Å². The van der Waals surface area contributed by atoms with Crippen molar-refractivity contribution in [3.05, 3.63) is 23.8 Å². The van der Waals surface area contributed by atoms with E-state index in [0.717, 1.165) is 19.3 Å². The third kappa shape index (κ3) is 4.46. The highest BCUT2D eigenvalue weighted by Crippen LogP contribution is 2.34. The first-order valence-electron chi connectivity index (χ1n) is 9.71. The number of rotatable bonds is 6. The fraction of sp³-hybridized carbons (Fsp3) is 0.650.